The molecule has 0 bridgehead atoms. The lowest BCUT2D eigenvalue weighted by Gasteiger charge is -2.35. The van der Waals surface area contributed by atoms with E-state index < -0.39 is 0 Å². The Morgan fingerprint density at radius 1 is 1.89 bits per heavy atom. The van der Waals surface area contributed by atoms with Gasteiger partial charge in [-0.25, -0.2) is 0 Å². The van der Waals surface area contributed by atoms with Crippen LogP contribution in [0.25, 0.3) is 0 Å². The number of nitrogens with zero attached hydrogens (tertiary/aromatic N) is 1. The smallest absolute Gasteiger partial charge is 0.248 e. The van der Waals surface area contributed by atoms with Crippen molar-refractivity contribution in [2.75, 3.05) is 5.75 Å². The summed E-state index contributed by atoms with van der Waals surface area (Å²) >= 11 is 1.74. The van der Waals surface area contributed by atoms with Crippen LogP contribution >= 0.6 is 11.8 Å². The molecule has 0 aliphatic carbocycles. The molecule has 1 fully saturated rings. The van der Waals surface area contributed by atoms with E-state index in [0.29, 0.717) is 0 Å². The third-order valence-electron chi connectivity index (χ3n) is 1.46. The molecule has 9 heavy (non-hydrogen) atoms. The Kier molecular flexibility index (Phi) is 1.02. The molecule has 0 saturated carbocycles. The van der Waals surface area contributed by atoms with E-state index in [1.165, 1.54) is 0 Å². The first kappa shape index (κ1) is 5.29. The monoisotopic (exact) mass is 142 g/mol. The second kappa shape index (κ2) is 1.73. The van der Waals surface area contributed by atoms with Crippen LogP contribution in [-0.4, -0.2) is 29.3 Å². The van der Waals surface area contributed by atoms with E-state index in [9.17, 15) is 4.79 Å². The van der Waals surface area contributed by atoms with Gasteiger partial charge in [-0.3, -0.25) is 9.79 Å². The molecule has 2 heterocycles. The van der Waals surface area contributed by atoms with Gasteiger partial charge in [-0.2, -0.15) is 0 Å². The first-order chi connectivity index (χ1) is 4.38. The summed E-state index contributed by atoms with van der Waals surface area (Å²) < 4.78 is 0. The number of hydrogen-bond acceptors (Lipinski definition) is 3. The van der Waals surface area contributed by atoms with Gasteiger partial charge in [-0.15, -0.1) is 11.8 Å². The van der Waals surface area contributed by atoms with Crippen LogP contribution in [0.4, 0.5) is 0 Å². The van der Waals surface area contributed by atoms with Gasteiger partial charge in [-0.05, 0) is 0 Å². The number of β-lactam (4-membered cyclic amide) rings is 1. The van der Waals surface area contributed by atoms with Crippen molar-refractivity contribution in [3.63, 3.8) is 0 Å². The molecular formula is C5H6N2OS. The first-order valence-electron chi connectivity index (χ1n) is 2.81. The van der Waals surface area contributed by atoms with E-state index in [1.807, 2.05) is 6.21 Å². The minimum atomic E-state index is -0.0660. The van der Waals surface area contributed by atoms with Crippen LogP contribution in [0.1, 0.15) is 0 Å². The van der Waals surface area contributed by atoms with Crippen LogP contribution in [-0.2, 0) is 4.79 Å². The van der Waals surface area contributed by atoms with Crippen molar-refractivity contribution in [3.05, 3.63) is 0 Å². The number of carbonyl (C=O) groups excluding carboxylic acids is 1. The fourth-order valence-electron chi connectivity index (χ4n) is 0.928. The standard InChI is InChI=1S/C5H6N2OS/c8-4-3-5(7-4)9-2-1-6-3/h1,3,5H,2H2,(H,7,8). The quantitative estimate of drug-likeness (QED) is 0.469. The van der Waals surface area contributed by atoms with E-state index in [2.05, 4.69) is 10.3 Å². The highest BCUT2D eigenvalue weighted by atomic mass is 32.2. The number of fused-ring (bicyclic) bond motifs is 1. The maximum absolute atomic E-state index is 10.6. The summed E-state index contributed by atoms with van der Waals surface area (Å²) in [4.78, 5) is 14.6. The largest absolute Gasteiger partial charge is 0.340 e. The molecule has 0 aromatic rings. The number of nitrogens with one attached hydrogen (secondary N) is 1. The SMILES string of the molecule is O=C1NC2SCC=NC12. The summed E-state index contributed by atoms with van der Waals surface area (Å²) in [6.07, 6.45) is 1.81. The second-order valence-corrected chi connectivity index (χ2v) is 3.21. The molecule has 2 unspecified atom stereocenters. The van der Waals surface area contributed by atoms with Crippen molar-refractivity contribution in [2.24, 2.45) is 4.99 Å². The normalized spacial score (nSPS) is 38.9. The first-order valence-corrected chi connectivity index (χ1v) is 3.86. The van der Waals surface area contributed by atoms with Crippen molar-refractivity contribution < 1.29 is 4.79 Å². The Labute approximate surface area is 56.9 Å². The predicted molar refractivity (Wildman–Crippen MR) is 36.7 cm³/mol. The Balaban J connectivity index is 2.16. The molecule has 2 aliphatic heterocycles. The number of hydrogen-bond donors (Lipinski definition) is 1. The van der Waals surface area contributed by atoms with Gasteiger partial charge in [0.15, 0.2) is 6.04 Å². The van der Waals surface area contributed by atoms with Gasteiger partial charge in [0.1, 0.15) is 5.37 Å². The molecule has 1 saturated heterocycles. The molecular weight excluding hydrogens is 136 g/mol. The summed E-state index contributed by atoms with van der Waals surface area (Å²) in [6, 6.07) is -0.0660. The lowest BCUT2D eigenvalue weighted by molar-refractivity contribution is -0.128. The fourth-order valence-corrected chi connectivity index (χ4v) is 1.88. The molecule has 0 aromatic heterocycles. The number of amides is 1. The Bertz CT molecular complexity index is 180. The highest BCUT2D eigenvalue weighted by Gasteiger charge is 2.40. The zero-order chi connectivity index (χ0) is 6.27. The summed E-state index contributed by atoms with van der Waals surface area (Å²) in [7, 11) is 0. The molecule has 2 atom stereocenters. The molecule has 3 nitrogen and oxygen atoms in total. The third-order valence-corrected chi connectivity index (χ3v) is 2.53. The van der Waals surface area contributed by atoms with Crippen LogP contribution < -0.4 is 5.32 Å². The van der Waals surface area contributed by atoms with Gasteiger partial charge in [-0.1, -0.05) is 0 Å². The van der Waals surface area contributed by atoms with E-state index in [4.69, 9.17) is 0 Å². The molecule has 2 aliphatic rings. The van der Waals surface area contributed by atoms with Gasteiger partial charge in [0.2, 0.25) is 5.91 Å². The summed E-state index contributed by atoms with van der Waals surface area (Å²) in [6.45, 7) is 0. The molecule has 0 aromatic carbocycles. The summed E-state index contributed by atoms with van der Waals surface area (Å²) in [5, 5.41) is 3.04. The van der Waals surface area contributed by atoms with Gasteiger partial charge in [0.25, 0.3) is 0 Å². The molecule has 4 heteroatoms. The average molecular weight is 142 g/mol. The highest BCUT2D eigenvalue weighted by molar-refractivity contribution is 8.00. The van der Waals surface area contributed by atoms with Crippen molar-refractivity contribution in [1.82, 2.24) is 5.32 Å². The molecule has 48 valence electrons. The second-order valence-electron chi connectivity index (χ2n) is 2.04. The number of aliphatic imine (C=N–C) groups is 1. The molecule has 0 radical (unpaired) electrons. The Morgan fingerprint density at radius 3 is 3.33 bits per heavy atom. The minimum absolute atomic E-state index is 0.0660. The topological polar surface area (TPSA) is 41.5 Å². The summed E-state index contributed by atoms with van der Waals surface area (Å²) in [5.74, 6) is 1.00. The van der Waals surface area contributed by atoms with Crippen molar-refractivity contribution in [3.8, 4) is 0 Å². The van der Waals surface area contributed by atoms with Gasteiger partial charge >= 0.3 is 0 Å². The lowest BCUT2D eigenvalue weighted by atomic mass is 10.2. The molecule has 0 spiro atoms. The number of thioether (sulfide) groups is 1. The van der Waals surface area contributed by atoms with Crippen LogP contribution in [0.5, 0.6) is 0 Å². The number of carbonyl (C=O) groups is 1. The lowest BCUT2D eigenvalue weighted by Crippen LogP contribution is -2.60. The zero-order valence-corrected chi connectivity index (χ0v) is 5.52. The zero-order valence-electron chi connectivity index (χ0n) is 4.70. The molecule has 1 N–H and O–H groups in total. The Morgan fingerprint density at radius 2 is 2.78 bits per heavy atom. The van der Waals surface area contributed by atoms with Crippen molar-refractivity contribution in [1.29, 1.82) is 0 Å². The summed E-state index contributed by atoms with van der Waals surface area (Å²) in [5.41, 5.74) is 0. The van der Waals surface area contributed by atoms with Gasteiger partial charge < -0.3 is 5.32 Å². The highest BCUT2D eigenvalue weighted by Crippen LogP contribution is 2.24. The molecule has 2 rings (SSSR count). The van der Waals surface area contributed by atoms with E-state index in [1.54, 1.807) is 11.8 Å². The fraction of sp³-hybridized carbons (Fsp3) is 0.600. The Hall–Kier alpha value is -0.510. The predicted octanol–water partition coefficient (Wildman–Crippen LogP) is -0.372. The van der Waals surface area contributed by atoms with Gasteiger partial charge in [0, 0.05) is 12.0 Å². The third kappa shape index (κ3) is 0.660. The maximum atomic E-state index is 10.6. The van der Waals surface area contributed by atoms with Crippen LogP contribution in [0, 0.1) is 0 Å². The van der Waals surface area contributed by atoms with Crippen LogP contribution in [0.15, 0.2) is 4.99 Å². The van der Waals surface area contributed by atoms with E-state index in [0.717, 1.165) is 5.75 Å². The van der Waals surface area contributed by atoms with Crippen LogP contribution in [0.3, 0.4) is 0 Å². The van der Waals surface area contributed by atoms with Crippen molar-refractivity contribution >= 4 is 23.9 Å². The minimum Gasteiger partial charge on any atom is -0.340 e. The molecule has 1 amide bonds. The average Bonchev–Trinajstić information content (AvgIpc) is 1.86. The van der Waals surface area contributed by atoms with E-state index in [-0.39, 0.29) is 17.3 Å². The van der Waals surface area contributed by atoms with E-state index >= 15 is 0 Å². The maximum Gasteiger partial charge on any atom is 0.248 e. The van der Waals surface area contributed by atoms with Crippen molar-refractivity contribution in [2.45, 2.75) is 11.4 Å². The van der Waals surface area contributed by atoms with Gasteiger partial charge in [0.05, 0.1) is 0 Å². The number of rotatable bonds is 0. The van der Waals surface area contributed by atoms with Crippen LogP contribution in [0.2, 0.25) is 0 Å².